The zero-order valence-corrected chi connectivity index (χ0v) is 19.4. The van der Waals surface area contributed by atoms with Crippen LogP contribution in [0.2, 0.25) is 0 Å². The van der Waals surface area contributed by atoms with E-state index < -0.39 is 0 Å². The predicted octanol–water partition coefficient (Wildman–Crippen LogP) is 5.63. The van der Waals surface area contributed by atoms with Crippen LogP contribution in [0.1, 0.15) is 16.7 Å². The van der Waals surface area contributed by atoms with Crippen LogP contribution in [0.3, 0.4) is 0 Å². The molecule has 3 aromatic carbocycles. The lowest BCUT2D eigenvalue weighted by Gasteiger charge is -2.11. The van der Waals surface area contributed by atoms with E-state index in [9.17, 15) is 4.79 Å². The van der Waals surface area contributed by atoms with E-state index >= 15 is 0 Å². The van der Waals surface area contributed by atoms with Crippen LogP contribution in [0.15, 0.2) is 80.8 Å². The lowest BCUT2D eigenvalue weighted by atomic mass is 10.2. The van der Waals surface area contributed by atoms with Crippen molar-refractivity contribution in [3.63, 3.8) is 0 Å². The quantitative estimate of drug-likeness (QED) is 0.303. The number of nitrogens with zero attached hydrogens (tertiary/aromatic N) is 1. The molecule has 0 spiro atoms. The van der Waals surface area contributed by atoms with Crippen LogP contribution in [0.5, 0.6) is 11.5 Å². The fourth-order valence-electron chi connectivity index (χ4n) is 2.67. The van der Waals surface area contributed by atoms with Gasteiger partial charge in [-0.1, -0.05) is 58.4 Å². The number of amides is 1. The Morgan fingerprint density at radius 3 is 2.53 bits per heavy atom. The lowest BCUT2D eigenvalue weighted by Crippen LogP contribution is -2.24. The van der Waals surface area contributed by atoms with Crippen LogP contribution in [0.4, 0.5) is 0 Å². The highest BCUT2D eigenvalue weighted by molar-refractivity contribution is 9.11. The average Bonchev–Trinajstić information content (AvgIpc) is 2.73. The van der Waals surface area contributed by atoms with Crippen LogP contribution in [0, 0.1) is 6.92 Å². The molecule has 1 N–H and O–H groups in total. The molecule has 0 heterocycles. The number of carbonyl (C=O) groups is 1. The summed E-state index contributed by atoms with van der Waals surface area (Å²) in [4.78, 5) is 12.1. The highest BCUT2D eigenvalue weighted by Crippen LogP contribution is 2.32. The van der Waals surface area contributed by atoms with Crippen LogP contribution in [0.25, 0.3) is 0 Å². The molecule has 1 amide bonds. The molecule has 0 aliphatic carbocycles. The van der Waals surface area contributed by atoms with Gasteiger partial charge in [-0.15, -0.1) is 0 Å². The predicted molar refractivity (Wildman–Crippen MR) is 125 cm³/mol. The molecule has 7 heteroatoms. The van der Waals surface area contributed by atoms with Gasteiger partial charge in [0.15, 0.2) is 6.61 Å². The molecule has 0 saturated heterocycles. The second kappa shape index (κ2) is 10.9. The first-order valence-electron chi connectivity index (χ1n) is 9.19. The number of hydrogen-bond donors (Lipinski definition) is 1. The number of halogens is 2. The molecular formula is C23H20Br2N2O3. The number of benzene rings is 3. The molecule has 0 aromatic heterocycles. The second-order valence-corrected chi connectivity index (χ2v) is 8.20. The molecule has 3 rings (SSSR count). The topological polar surface area (TPSA) is 59.9 Å². The summed E-state index contributed by atoms with van der Waals surface area (Å²) in [6, 6.07) is 21.2. The number of aryl methyl sites for hydroxylation is 1. The Kier molecular flexibility index (Phi) is 8.04. The van der Waals surface area contributed by atoms with Gasteiger partial charge in [-0.2, -0.15) is 5.10 Å². The molecule has 30 heavy (non-hydrogen) atoms. The number of ether oxygens (including phenoxy) is 2. The third-order valence-corrected chi connectivity index (χ3v) is 5.14. The third-order valence-electron chi connectivity index (χ3n) is 4.09. The van der Waals surface area contributed by atoms with Crippen molar-refractivity contribution in [2.45, 2.75) is 13.5 Å². The molecule has 5 nitrogen and oxygen atoms in total. The van der Waals surface area contributed by atoms with Crippen molar-refractivity contribution in [1.82, 2.24) is 5.43 Å². The number of hydrazone groups is 1. The van der Waals surface area contributed by atoms with Crippen LogP contribution in [-0.2, 0) is 11.4 Å². The first-order chi connectivity index (χ1) is 14.5. The van der Waals surface area contributed by atoms with Gasteiger partial charge in [-0.3, -0.25) is 4.79 Å². The minimum atomic E-state index is -0.358. The van der Waals surface area contributed by atoms with Crippen LogP contribution in [-0.4, -0.2) is 18.7 Å². The first kappa shape index (κ1) is 22.1. The Labute approximate surface area is 192 Å². The summed E-state index contributed by atoms with van der Waals surface area (Å²) in [5.41, 5.74) is 5.23. The van der Waals surface area contributed by atoms with Gasteiger partial charge in [0, 0.05) is 10.0 Å². The number of carbonyl (C=O) groups excluding carboxylic acids is 1. The monoisotopic (exact) mass is 530 g/mol. The van der Waals surface area contributed by atoms with Crippen molar-refractivity contribution in [2.75, 3.05) is 6.61 Å². The Hall–Kier alpha value is -2.64. The zero-order valence-electron chi connectivity index (χ0n) is 16.3. The molecule has 0 saturated carbocycles. The Morgan fingerprint density at radius 1 is 1.03 bits per heavy atom. The van der Waals surface area contributed by atoms with Crippen molar-refractivity contribution >= 4 is 44.0 Å². The summed E-state index contributed by atoms with van der Waals surface area (Å²) in [5.74, 6) is 0.949. The summed E-state index contributed by atoms with van der Waals surface area (Å²) in [6.07, 6.45) is 1.55. The van der Waals surface area contributed by atoms with E-state index in [1.807, 2.05) is 73.7 Å². The Morgan fingerprint density at radius 2 is 1.77 bits per heavy atom. The van der Waals surface area contributed by atoms with Gasteiger partial charge in [-0.25, -0.2) is 5.43 Å². The molecule has 154 valence electrons. The second-order valence-electron chi connectivity index (χ2n) is 6.43. The van der Waals surface area contributed by atoms with Crippen molar-refractivity contribution in [2.24, 2.45) is 5.10 Å². The number of nitrogens with one attached hydrogen (secondary N) is 1. The van der Waals surface area contributed by atoms with E-state index in [0.29, 0.717) is 18.1 Å². The molecule has 0 fully saturated rings. The first-order valence-corrected chi connectivity index (χ1v) is 10.8. The van der Waals surface area contributed by atoms with E-state index in [1.54, 1.807) is 6.21 Å². The van der Waals surface area contributed by atoms with E-state index in [1.165, 1.54) is 0 Å². The summed E-state index contributed by atoms with van der Waals surface area (Å²) in [7, 11) is 0. The molecule has 0 atom stereocenters. The van der Waals surface area contributed by atoms with Gasteiger partial charge in [0.05, 0.1) is 10.7 Å². The molecule has 0 unspecified atom stereocenters. The molecule has 3 aromatic rings. The number of rotatable bonds is 8. The van der Waals surface area contributed by atoms with Gasteiger partial charge < -0.3 is 9.47 Å². The maximum absolute atomic E-state index is 12.1. The zero-order chi connectivity index (χ0) is 21.3. The maximum Gasteiger partial charge on any atom is 0.277 e. The van der Waals surface area contributed by atoms with Crippen molar-refractivity contribution in [1.29, 1.82) is 0 Å². The van der Waals surface area contributed by atoms with Gasteiger partial charge in [0.2, 0.25) is 0 Å². The SMILES string of the molecule is Cc1cc(Br)cc(Br)c1OCC(=O)N/N=C/c1ccccc1OCc1ccccc1. The molecule has 0 aliphatic rings. The Bertz CT molecular complexity index is 1020. The van der Waals surface area contributed by atoms with E-state index in [-0.39, 0.29) is 12.5 Å². The number of para-hydroxylation sites is 1. The van der Waals surface area contributed by atoms with Gasteiger partial charge in [0.25, 0.3) is 5.91 Å². The summed E-state index contributed by atoms with van der Waals surface area (Å²) >= 11 is 6.86. The summed E-state index contributed by atoms with van der Waals surface area (Å²) in [6.45, 7) is 2.21. The van der Waals surface area contributed by atoms with Crippen LogP contribution >= 0.6 is 31.9 Å². The van der Waals surface area contributed by atoms with E-state index in [4.69, 9.17) is 9.47 Å². The van der Waals surface area contributed by atoms with Gasteiger partial charge in [-0.05, 0) is 58.2 Å². The van der Waals surface area contributed by atoms with E-state index in [2.05, 4.69) is 42.4 Å². The fourth-order valence-corrected chi connectivity index (χ4v) is 4.22. The Balaban J connectivity index is 1.54. The standard InChI is InChI=1S/C23H20Br2N2O3/c1-16-11-19(24)12-20(25)23(16)30-15-22(28)27-26-13-18-9-5-6-10-21(18)29-14-17-7-3-2-4-8-17/h2-13H,14-15H2,1H3,(H,27,28)/b26-13+. The molecule has 0 aliphatic heterocycles. The van der Waals surface area contributed by atoms with Crippen molar-refractivity contribution in [3.05, 3.63) is 92.4 Å². The third kappa shape index (κ3) is 6.43. The van der Waals surface area contributed by atoms with Crippen molar-refractivity contribution < 1.29 is 14.3 Å². The molecule has 0 bridgehead atoms. The maximum atomic E-state index is 12.1. The highest BCUT2D eigenvalue weighted by atomic mass is 79.9. The van der Waals surface area contributed by atoms with E-state index in [0.717, 1.165) is 25.6 Å². The smallest absolute Gasteiger partial charge is 0.277 e. The lowest BCUT2D eigenvalue weighted by molar-refractivity contribution is -0.123. The van der Waals surface area contributed by atoms with Gasteiger partial charge in [0.1, 0.15) is 18.1 Å². The largest absolute Gasteiger partial charge is 0.488 e. The van der Waals surface area contributed by atoms with Crippen LogP contribution < -0.4 is 14.9 Å². The minimum Gasteiger partial charge on any atom is -0.488 e. The normalized spacial score (nSPS) is 10.8. The summed E-state index contributed by atoms with van der Waals surface area (Å²) in [5, 5.41) is 4.02. The fraction of sp³-hybridized carbons (Fsp3) is 0.130. The molecule has 0 radical (unpaired) electrons. The molecular weight excluding hydrogens is 512 g/mol. The average molecular weight is 532 g/mol. The van der Waals surface area contributed by atoms with Crippen molar-refractivity contribution in [3.8, 4) is 11.5 Å². The van der Waals surface area contributed by atoms with Gasteiger partial charge >= 0.3 is 0 Å². The highest BCUT2D eigenvalue weighted by Gasteiger charge is 2.09. The summed E-state index contributed by atoms with van der Waals surface area (Å²) < 4.78 is 13.2. The number of hydrogen-bond acceptors (Lipinski definition) is 4. The minimum absolute atomic E-state index is 0.148.